The first-order chi connectivity index (χ1) is 7.78. The summed E-state index contributed by atoms with van der Waals surface area (Å²) in [6.07, 6.45) is 0. The molecule has 0 amide bonds. The molecular formula is C11H21NaO6S. The van der Waals surface area contributed by atoms with Crippen molar-refractivity contribution in [3.05, 3.63) is 0 Å². The number of hydrogen-bond acceptors (Lipinski definition) is 5. The van der Waals surface area contributed by atoms with E-state index < -0.39 is 44.4 Å². The fraction of sp³-hybridized carbons (Fsp3) is 0.909. The third kappa shape index (κ3) is 4.41. The van der Waals surface area contributed by atoms with Gasteiger partial charge in [0, 0.05) is 5.92 Å². The molecule has 19 heavy (non-hydrogen) atoms. The Morgan fingerprint density at radius 2 is 1.79 bits per heavy atom. The molecule has 0 bridgehead atoms. The van der Waals surface area contributed by atoms with Crippen LogP contribution in [0.5, 0.6) is 0 Å². The van der Waals surface area contributed by atoms with Crippen molar-refractivity contribution < 1.29 is 58.6 Å². The van der Waals surface area contributed by atoms with Crippen LogP contribution in [0.4, 0.5) is 0 Å². The molecule has 1 saturated carbocycles. The van der Waals surface area contributed by atoms with Crippen LogP contribution in [-0.4, -0.2) is 35.1 Å². The van der Waals surface area contributed by atoms with Crippen LogP contribution < -0.4 is 29.6 Å². The second kappa shape index (κ2) is 5.61. The summed E-state index contributed by atoms with van der Waals surface area (Å²) in [5, 5.41) is 9.53. The van der Waals surface area contributed by atoms with Gasteiger partial charge in [-0.05, 0) is 26.2 Å². The maximum absolute atomic E-state index is 11.9. The molecule has 0 spiro atoms. The number of ether oxygens (including phenoxy) is 1. The molecule has 0 aromatic heterocycles. The molecule has 108 valence electrons. The van der Waals surface area contributed by atoms with Gasteiger partial charge in [-0.15, -0.1) is 0 Å². The Balaban J connectivity index is 0. The Morgan fingerprint density at radius 1 is 1.37 bits per heavy atom. The van der Waals surface area contributed by atoms with Gasteiger partial charge < -0.3 is 11.3 Å². The summed E-state index contributed by atoms with van der Waals surface area (Å²) in [6.45, 7) is 8.42. The first kappa shape index (κ1) is 19.3. The summed E-state index contributed by atoms with van der Waals surface area (Å²) in [4.78, 5) is 11.9. The molecule has 6 nitrogen and oxygen atoms in total. The van der Waals surface area contributed by atoms with Gasteiger partial charge in [0.15, 0.2) is 5.44 Å². The predicted octanol–water partition coefficient (Wildman–Crippen LogP) is -2.08. The fourth-order valence-corrected chi connectivity index (χ4v) is 3.09. The minimum absolute atomic E-state index is 0. The molecule has 0 heterocycles. The Bertz CT molecular complexity index is 456. The minimum atomic E-state index is -4.57. The van der Waals surface area contributed by atoms with Gasteiger partial charge >= 0.3 is 35.5 Å². The van der Waals surface area contributed by atoms with Crippen LogP contribution in [0, 0.1) is 17.3 Å². The number of carbonyl (C=O) groups is 1. The zero-order chi connectivity index (χ0) is 14.5. The van der Waals surface area contributed by atoms with Gasteiger partial charge in [-0.3, -0.25) is 9.35 Å². The summed E-state index contributed by atoms with van der Waals surface area (Å²) < 4.78 is 35.8. The van der Waals surface area contributed by atoms with Crippen molar-refractivity contribution in [2.45, 2.75) is 45.7 Å². The van der Waals surface area contributed by atoms with Crippen LogP contribution in [0.15, 0.2) is 0 Å². The number of esters is 1. The van der Waals surface area contributed by atoms with E-state index in [1.54, 1.807) is 34.6 Å². The van der Waals surface area contributed by atoms with E-state index in [2.05, 4.69) is 0 Å². The van der Waals surface area contributed by atoms with Crippen molar-refractivity contribution >= 4 is 16.1 Å². The van der Waals surface area contributed by atoms with E-state index in [1.807, 2.05) is 0 Å². The zero-order valence-electron chi connectivity index (χ0n) is 13.2. The van der Waals surface area contributed by atoms with E-state index >= 15 is 0 Å². The van der Waals surface area contributed by atoms with Gasteiger partial charge in [-0.2, -0.15) is 8.42 Å². The normalized spacial score (nSPS) is 27.1. The van der Waals surface area contributed by atoms with E-state index in [1.165, 1.54) is 0 Å². The van der Waals surface area contributed by atoms with Crippen molar-refractivity contribution in [3.8, 4) is 0 Å². The Kier molecular flexibility index (Phi) is 5.71. The first-order valence-electron chi connectivity index (χ1n) is 5.65. The SMILES string of the molecule is CC(C)(C)OC(=O)C1C(C(O)S(=O)(=O)O)C1(C)C.[H-].[Na+]. The molecule has 0 saturated heterocycles. The molecule has 0 aliphatic heterocycles. The molecule has 0 radical (unpaired) electrons. The van der Waals surface area contributed by atoms with Crippen LogP contribution in [0.2, 0.25) is 0 Å². The molecule has 3 atom stereocenters. The number of hydrogen-bond donors (Lipinski definition) is 2. The molecule has 1 aliphatic rings. The Hall–Kier alpha value is 0.340. The van der Waals surface area contributed by atoms with Gasteiger partial charge in [0.05, 0.1) is 5.92 Å². The number of aliphatic hydroxyl groups is 1. The van der Waals surface area contributed by atoms with Crippen LogP contribution in [-0.2, 0) is 19.6 Å². The summed E-state index contributed by atoms with van der Waals surface area (Å²) in [5.41, 5.74) is -3.34. The van der Waals surface area contributed by atoms with Crippen LogP contribution in [0.3, 0.4) is 0 Å². The van der Waals surface area contributed by atoms with Crippen molar-refractivity contribution in [2.24, 2.45) is 17.3 Å². The maximum atomic E-state index is 11.9. The molecule has 0 aromatic rings. The number of aliphatic hydroxyl groups excluding tert-OH is 1. The Morgan fingerprint density at radius 3 is 2.11 bits per heavy atom. The van der Waals surface area contributed by atoms with Crippen molar-refractivity contribution in [1.82, 2.24) is 0 Å². The summed E-state index contributed by atoms with van der Waals surface area (Å²) in [5.74, 6) is -2.13. The summed E-state index contributed by atoms with van der Waals surface area (Å²) >= 11 is 0. The van der Waals surface area contributed by atoms with Gasteiger partial charge in [-0.1, -0.05) is 13.8 Å². The van der Waals surface area contributed by atoms with Gasteiger partial charge in [0.25, 0.3) is 10.1 Å². The minimum Gasteiger partial charge on any atom is -1.00 e. The average molecular weight is 304 g/mol. The molecule has 2 N–H and O–H groups in total. The van der Waals surface area contributed by atoms with Gasteiger partial charge in [-0.25, -0.2) is 0 Å². The van der Waals surface area contributed by atoms with Crippen LogP contribution in [0.1, 0.15) is 36.0 Å². The van der Waals surface area contributed by atoms with Crippen molar-refractivity contribution in [1.29, 1.82) is 0 Å². The second-order valence-electron chi connectivity index (χ2n) is 6.26. The van der Waals surface area contributed by atoms with Crippen LogP contribution >= 0.6 is 0 Å². The molecular weight excluding hydrogens is 283 g/mol. The molecule has 3 unspecified atom stereocenters. The Labute approximate surface area is 137 Å². The van der Waals surface area contributed by atoms with E-state index in [4.69, 9.17) is 9.29 Å². The summed E-state index contributed by atoms with van der Waals surface area (Å²) in [7, 11) is -4.57. The molecule has 0 aromatic carbocycles. The topological polar surface area (TPSA) is 101 Å². The van der Waals surface area contributed by atoms with Crippen molar-refractivity contribution in [2.75, 3.05) is 0 Å². The first-order valence-corrected chi connectivity index (χ1v) is 7.16. The fourth-order valence-electron chi connectivity index (χ4n) is 2.21. The summed E-state index contributed by atoms with van der Waals surface area (Å²) in [6, 6.07) is 0. The predicted molar refractivity (Wildman–Crippen MR) is 65.3 cm³/mol. The standard InChI is InChI=1S/C11H20O6S.Na.H/c1-10(2,3)17-8(12)6-7(11(6,4)5)9(13)18(14,15)16;;/h6-7,9,13H,1-5H3,(H,14,15,16);;/q;+1;-1. The van der Waals surface area contributed by atoms with E-state index in [0.717, 1.165) is 0 Å². The average Bonchev–Trinajstić information content (AvgIpc) is 2.62. The quantitative estimate of drug-likeness (QED) is 0.353. The van der Waals surface area contributed by atoms with Crippen LogP contribution in [0.25, 0.3) is 0 Å². The zero-order valence-corrected chi connectivity index (χ0v) is 15.0. The number of rotatable bonds is 3. The van der Waals surface area contributed by atoms with Gasteiger partial charge in [0.2, 0.25) is 0 Å². The van der Waals surface area contributed by atoms with E-state index in [-0.39, 0.29) is 31.0 Å². The molecule has 1 rings (SSSR count). The van der Waals surface area contributed by atoms with Crippen molar-refractivity contribution in [3.63, 3.8) is 0 Å². The molecule has 1 aliphatic carbocycles. The largest absolute Gasteiger partial charge is 1.00 e. The maximum Gasteiger partial charge on any atom is 1.00 e. The van der Waals surface area contributed by atoms with E-state index in [0.29, 0.717) is 0 Å². The van der Waals surface area contributed by atoms with E-state index in [9.17, 15) is 18.3 Å². The third-order valence-electron chi connectivity index (χ3n) is 3.18. The van der Waals surface area contributed by atoms with Gasteiger partial charge in [0.1, 0.15) is 5.60 Å². The third-order valence-corrected chi connectivity index (χ3v) is 4.09. The molecule has 8 heteroatoms. The smallest absolute Gasteiger partial charge is 1.00 e. The monoisotopic (exact) mass is 304 g/mol. The number of carbonyl (C=O) groups excluding carboxylic acids is 1. The second-order valence-corrected chi connectivity index (χ2v) is 7.78. The molecule has 1 fully saturated rings.